The van der Waals surface area contributed by atoms with E-state index in [0.717, 1.165) is 5.56 Å². The van der Waals surface area contributed by atoms with Gasteiger partial charge >= 0.3 is 0 Å². The zero-order chi connectivity index (χ0) is 21.2. The minimum atomic E-state index is -0.348. The first-order valence-electron chi connectivity index (χ1n) is 9.47. The summed E-state index contributed by atoms with van der Waals surface area (Å²) in [6.07, 6.45) is 3.23. The van der Waals surface area contributed by atoms with Gasteiger partial charge in [-0.15, -0.1) is 0 Å². The summed E-state index contributed by atoms with van der Waals surface area (Å²) in [5.41, 5.74) is 1.18. The Kier molecular flexibility index (Phi) is 4.72. The number of carbonyl (C=O) groups is 2. The van der Waals surface area contributed by atoms with Crippen LogP contribution in [-0.4, -0.2) is 30.1 Å². The molecule has 0 bridgehead atoms. The Balaban J connectivity index is 1.26. The van der Waals surface area contributed by atoms with Crippen molar-refractivity contribution in [2.24, 2.45) is 0 Å². The maximum Gasteiger partial charge on any atom is 0.263 e. The lowest BCUT2D eigenvalue weighted by Gasteiger charge is -2.07. The van der Waals surface area contributed by atoms with E-state index >= 15 is 0 Å². The van der Waals surface area contributed by atoms with Crippen LogP contribution in [0, 0.1) is 0 Å². The highest BCUT2D eigenvalue weighted by Gasteiger charge is 2.28. The van der Waals surface area contributed by atoms with Gasteiger partial charge in [0.2, 0.25) is 12.6 Å². The highest BCUT2D eigenvalue weighted by Crippen LogP contribution is 2.37. The number of Topliss-reactive ketones (excluding diaryl/α,β-unsaturated/α-hetero) is 1. The summed E-state index contributed by atoms with van der Waals surface area (Å²) in [6.45, 7) is -0.0257. The molecule has 0 aliphatic carbocycles. The van der Waals surface area contributed by atoms with Crippen LogP contribution >= 0.6 is 0 Å². The third kappa shape index (κ3) is 3.91. The van der Waals surface area contributed by atoms with Gasteiger partial charge < -0.3 is 24.3 Å². The van der Waals surface area contributed by atoms with Crippen molar-refractivity contribution in [1.82, 2.24) is 4.98 Å². The lowest BCUT2D eigenvalue weighted by molar-refractivity contribution is -0.118. The van der Waals surface area contributed by atoms with E-state index < -0.39 is 0 Å². The molecule has 8 heteroatoms. The van der Waals surface area contributed by atoms with E-state index in [1.165, 1.54) is 0 Å². The first kappa shape index (κ1) is 18.7. The van der Waals surface area contributed by atoms with Crippen molar-refractivity contribution in [1.29, 1.82) is 0 Å². The van der Waals surface area contributed by atoms with Crippen LogP contribution in [0.2, 0.25) is 0 Å². The molecule has 2 aromatic carbocycles. The molecule has 1 N–H and O–H groups in total. The number of anilines is 1. The maximum atomic E-state index is 12.7. The predicted molar refractivity (Wildman–Crippen MR) is 110 cm³/mol. The fourth-order valence-corrected chi connectivity index (χ4v) is 3.18. The highest BCUT2D eigenvalue weighted by molar-refractivity contribution is 6.14. The third-order valence-corrected chi connectivity index (χ3v) is 4.64. The van der Waals surface area contributed by atoms with Gasteiger partial charge in [-0.05, 0) is 48.0 Å². The van der Waals surface area contributed by atoms with Gasteiger partial charge in [0.25, 0.3) is 5.91 Å². The molecule has 0 spiro atoms. The van der Waals surface area contributed by atoms with Crippen molar-refractivity contribution in [3.05, 3.63) is 77.7 Å². The second-order valence-electron chi connectivity index (χ2n) is 6.76. The smallest absolute Gasteiger partial charge is 0.263 e. The van der Waals surface area contributed by atoms with Crippen LogP contribution in [0.3, 0.4) is 0 Å². The molecule has 1 amide bonds. The first-order valence-corrected chi connectivity index (χ1v) is 9.47. The van der Waals surface area contributed by atoms with Crippen molar-refractivity contribution in [2.45, 2.75) is 0 Å². The lowest BCUT2D eigenvalue weighted by Crippen LogP contribution is -2.20. The van der Waals surface area contributed by atoms with Crippen LogP contribution in [0.25, 0.3) is 6.08 Å². The molecule has 0 saturated heterocycles. The van der Waals surface area contributed by atoms with Gasteiger partial charge in [-0.3, -0.25) is 9.59 Å². The summed E-state index contributed by atoms with van der Waals surface area (Å²) in [7, 11) is 0. The molecular weight excluding hydrogens is 400 g/mol. The van der Waals surface area contributed by atoms with Gasteiger partial charge in [0, 0.05) is 12.3 Å². The number of ketones is 1. The number of pyridine rings is 1. The minimum absolute atomic E-state index is 0.179. The monoisotopic (exact) mass is 416 g/mol. The second kappa shape index (κ2) is 7.83. The van der Waals surface area contributed by atoms with Crippen molar-refractivity contribution < 1.29 is 28.5 Å². The molecule has 3 heterocycles. The molecule has 5 rings (SSSR count). The largest absolute Gasteiger partial charge is 0.484 e. The fraction of sp³-hybridized carbons (Fsp3) is 0.0870. The van der Waals surface area contributed by atoms with E-state index in [2.05, 4.69) is 10.3 Å². The van der Waals surface area contributed by atoms with Gasteiger partial charge in [-0.1, -0.05) is 12.1 Å². The Labute approximate surface area is 177 Å². The van der Waals surface area contributed by atoms with E-state index in [1.54, 1.807) is 60.8 Å². The van der Waals surface area contributed by atoms with E-state index in [9.17, 15) is 9.59 Å². The average molecular weight is 416 g/mol. The average Bonchev–Trinajstić information content (AvgIpc) is 3.37. The number of amides is 1. The summed E-state index contributed by atoms with van der Waals surface area (Å²) in [5, 5.41) is 2.63. The van der Waals surface area contributed by atoms with Crippen molar-refractivity contribution in [3.8, 4) is 23.0 Å². The molecule has 1 aromatic heterocycles. The molecule has 31 heavy (non-hydrogen) atoms. The van der Waals surface area contributed by atoms with Gasteiger partial charge in [-0.2, -0.15) is 0 Å². The summed E-state index contributed by atoms with van der Waals surface area (Å²) in [6, 6.07) is 15.4. The summed E-state index contributed by atoms with van der Waals surface area (Å²) in [5.74, 6) is 2.13. The molecule has 0 radical (unpaired) electrons. The summed E-state index contributed by atoms with van der Waals surface area (Å²) < 4.78 is 21.9. The molecule has 2 aliphatic heterocycles. The Morgan fingerprint density at radius 3 is 2.84 bits per heavy atom. The minimum Gasteiger partial charge on any atom is -0.484 e. The van der Waals surface area contributed by atoms with Gasteiger partial charge in [0.05, 0.1) is 5.56 Å². The van der Waals surface area contributed by atoms with Crippen LogP contribution in [0.15, 0.2) is 66.6 Å². The summed E-state index contributed by atoms with van der Waals surface area (Å²) >= 11 is 0. The Bertz CT molecular complexity index is 1210. The highest BCUT2D eigenvalue weighted by atomic mass is 16.7. The van der Waals surface area contributed by atoms with Gasteiger partial charge in [0.15, 0.2) is 23.9 Å². The fourth-order valence-electron chi connectivity index (χ4n) is 3.18. The molecule has 0 saturated carbocycles. The molecule has 0 unspecified atom stereocenters. The molecule has 8 nitrogen and oxygen atoms in total. The number of fused-ring (bicyclic) bond motifs is 2. The Hall–Kier alpha value is -4.33. The van der Waals surface area contributed by atoms with Crippen molar-refractivity contribution in [3.63, 3.8) is 0 Å². The summed E-state index contributed by atoms with van der Waals surface area (Å²) in [4.78, 5) is 28.7. The molecule has 0 fully saturated rings. The number of ether oxygens (including phenoxy) is 4. The normalized spacial score (nSPS) is 14.8. The number of allylic oxidation sites excluding steroid dienone is 1. The van der Waals surface area contributed by atoms with E-state index in [-0.39, 0.29) is 30.8 Å². The quantitative estimate of drug-likeness (QED) is 0.637. The van der Waals surface area contributed by atoms with Crippen LogP contribution < -0.4 is 24.3 Å². The van der Waals surface area contributed by atoms with Crippen molar-refractivity contribution >= 4 is 23.6 Å². The molecular formula is C23H16N2O6. The van der Waals surface area contributed by atoms with Crippen LogP contribution in [0.1, 0.15) is 15.9 Å². The standard InChI is InChI=1S/C23H16N2O6/c26-22(25-21-3-1-2-8-24-21)12-28-15-5-6-16-18(11-15)31-20(23(16)27)10-14-4-7-17-19(9-14)30-13-29-17/h1-11H,12-13H2,(H,24,25,26). The molecule has 2 aliphatic rings. The predicted octanol–water partition coefficient (Wildman–Crippen LogP) is 3.44. The SMILES string of the molecule is O=C(COc1ccc2c(c1)OC(=Cc1ccc3c(c1)OCO3)C2=O)Nc1ccccn1. The first-order chi connectivity index (χ1) is 15.2. The number of benzene rings is 2. The van der Waals surface area contributed by atoms with E-state index in [1.807, 2.05) is 6.07 Å². The molecule has 154 valence electrons. The number of hydrogen-bond acceptors (Lipinski definition) is 7. The molecule has 3 aromatic rings. The third-order valence-electron chi connectivity index (χ3n) is 4.64. The zero-order valence-corrected chi connectivity index (χ0v) is 16.2. The van der Waals surface area contributed by atoms with Crippen LogP contribution in [-0.2, 0) is 4.79 Å². The number of aromatic nitrogens is 1. The van der Waals surface area contributed by atoms with Crippen LogP contribution in [0.4, 0.5) is 5.82 Å². The van der Waals surface area contributed by atoms with E-state index in [4.69, 9.17) is 18.9 Å². The zero-order valence-electron chi connectivity index (χ0n) is 16.2. The number of hydrogen-bond donors (Lipinski definition) is 1. The number of rotatable bonds is 5. The van der Waals surface area contributed by atoms with Gasteiger partial charge in [-0.25, -0.2) is 4.98 Å². The molecule has 0 atom stereocenters. The number of nitrogens with zero attached hydrogens (tertiary/aromatic N) is 1. The van der Waals surface area contributed by atoms with E-state index in [0.29, 0.717) is 34.4 Å². The second-order valence-corrected chi connectivity index (χ2v) is 6.76. The van der Waals surface area contributed by atoms with Crippen molar-refractivity contribution in [2.75, 3.05) is 18.7 Å². The Morgan fingerprint density at radius 2 is 1.97 bits per heavy atom. The lowest BCUT2D eigenvalue weighted by atomic mass is 10.1. The Morgan fingerprint density at radius 1 is 1.06 bits per heavy atom. The topological polar surface area (TPSA) is 96.0 Å². The van der Waals surface area contributed by atoms with Gasteiger partial charge in [0.1, 0.15) is 17.3 Å². The van der Waals surface area contributed by atoms with Crippen LogP contribution in [0.5, 0.6) is 23.0 Å². The maximum absolute atomic E-state index is 12.7. The number of carbonyl (C=O) groups excluding carboxylic acids is 2. The number of nitrogens with one attached hydrogen (secondary N) is 1.